The predicted molar refractivity (Wildman–Crippen MR) is 179 cm³/mol. The van der Waals surface area contributed by atoms with Crippen LogP contribution in [0.4, 0.5) is 0 Å². The number of ether oxygens (including phenoxy) is 3. The van der Waals surface area contributed by atoms with E-state index in [-0.39, 0.29) is 18.3 Å². The van der Waals surface area contributed by atoms with Crippen molar-refractivity contribution in [1.82, 2.24) is 9.55 Å². The topological polar surface area (TPSA) is 112 Å². The summed E-state index contributed by atoms with van der Waals surface area (Å²) in [7, 11) is -3.03. The normalized spacial score (nSPS) is 22.2. The van der Waals surface area contributed by atoms with E-state index >= 15 is 0 Å². The molecule has 1 aliphatic heterocycles. The molecule has 0 amide bonds. The summed E-state index contributed by atoms with van der Waals surface area (Å²) in [5.74, 6) is 0. The molecule has 9 nitrogen and oxygen atoms in total. The van der Waals surface area contributed by atoms with Gasteiger partial charge in [0.15, 0.2) is 6.23 Å². The van der Waals surface area contributed by atoms with E-state index in [1.807, 2.05) is 36.4 Å². The number of aromatic nitrogens is 2. The van der Waals surface area contributed by atoms with E-state index in [0.29, 0.717) is 18.8 Å². The zero-order valence-corrected chi connectivity index (χ0v) is 28.6. The maximum absolute atomic E-state index is 13.0. The molecular weight excluding hydrogens is 588 g/mol. The smallest absolute Gasteiger partial charge is 0.330 e. The predicted octanol–water partition coefficient (Wildman–Crippen LogP) is 4.05. The van der Waals surface area contributed by atoms with Gasteiger partial charge in [-0.3, -0.25) is 14.3 Å². The minimum Gasteiger partial charge on any atom is -0.404 e. The standard InChI is InChI=1S/C35H50N2O7Si/c1-7-9-21-41-24-35(25-43-45(34(4,5)6,27-17-13-11-14-18-27)28-19-15-12-16-20-28)30(42-22-10-8-2)29(38)32(44-35)37-23-26(3)31(39)36-33(37)40/h11-20,23,29-30,32,38H,7-10,21-22,24-25H2,1-6H3,(H,36,39,40)/t29?,30?,32-,35+/m1/s1. The van der Waals surface area contributed by atoms with Crippen molar-refractivity contribution < 1.29 is 23.7 Å². The highest BCUT2D eigenvalue weighted by Gasteiger charge is 2.59. The van der Waals surface area contributed by atoms with Crippen LogP contribution < -0.4 is 21.6 Å². The van der Waals surface area contributed by atoms with E-state index in [2.05, 4.69) is 63.9 Å². The van der Waals surface area contributed by atoms with Gasteiger partial charge in [0.05, 0.1) is 13.2 Å². The number of benzene rings is 2. The summed E-state index contributed by atoms with van der Waals surface area (Å²) < 4.78 is 28.0. The quantitative estimate of drug-likeness (QED) is 0.191. The van der Waals surface area contributed by atoms with Crippen molar-refractivity contribution in [2.24, 2.45) is 0 Å². The van der Waals surface area contributed by atoms with Crippen LogP contribution in [-0.4, -0.2) is 67.2 Å². The van der Waals surface area contributed by atoms with Gasteiger partial charge in [-0.15, -0.1) is 0 Å². The average molecular weight is 639 g/mol. The molecule has 1 saturated heterocycles. The fraction of sp³-hybridized carbons (Fsp3) is 0.543. The molecule has 3 aromatic rings. The van der Waals surface area contributed by atoms with Crippen LogP contribution in [0, 0.1) is 6.92 Å². The van der Waals surface area contributed by atoms with Gasteiger partial charge < -0.3 is 23.7 Å². The Morgan fingerprint density at radius 2 is 1.51 bits per heavy atom. The summed E-state index contributed by atoms with van der Waals surface area (Å²) in [6, 6.07) is 20.6. The number of rotatable bonds is 15. The van der Waals surface area contributed by atoms with Crippen LogP contribution >= 0.6 is 0 Å². The largest absolute Gasteiger partial charge is 0.404 e. The number of aryl methyl sites for hydroxylation is 1. The third-order valence-electron chi connectivity index (χ3n) is 8.63. The highest BCUT2D eigenvalue weighted by molar-refractivity contribution is 6.99. The van der Waals surface area contributed by atoms with Gasteiger partial charge in [0.1, 0.15) is 17.8 Å². The third-order valence-corrected chi connectivity index (χ3v) is 13.6. The van der Waals surface area contributed by atoms with E-state index in [1.54, 1.807) is 6.92 Å². The Balaban J connectivity index is 1.85. The first-order valence-corrected chi connectivity index (χ1v) is 18.0. The fourth-order valence-electron chi connectivity index (χ4n) is 6.20. The molecule has 246 valence electrons. The van der Waals surface area contributed by atoms with Crippen molar-refractivity contribution in [3.8, 4) is 0 Å². The number of nitrogens with zero attached hydrogens (tertiary/aromatic N) is 1. The van der Waals surface area contributed by atoms with Crippen molar-refractivity contribution in [1.29, 1.82) is 0 Å². The summed E-state index contributed by atoms with van der Waals surface area (Å²) in [5.41, 5.74) is -2.09. The maximum Gasteiger partial charge on any atom is 0.330 e. The van der Waals surface area contributed by atoms with Crippen LogP contribution in [0.5, 0.6) is 0 Å². The number of unbranched alkanes of at least 4 members (excludes halogenated alkanes) is 2. The number of hydrogen-bond acceptors (Lipinski definition) is 7. The highest BCUT2D eigenvalue weighted by atomic mass is 28.4. The summed E-state index contributed by atoms with van der Waals surface area (Å²) in [6.07, 6.45) is 1.71. The van der Waals surface area contributed by atoms with Gasteiger partial charge in [-0.25, -0.2) is 4.79 Å². The summed E-state index contributed by atoms with van der Waals surface area (Å²) in [6.45, 7) is 13.4. The lowest BCUT2D eigenvalue weighted by Gasteiger charge is -2.45. The Hall–Kier alpha value is -2.86. The molecule has 4 rings (SSSR count). The number of aromatic amines is 1. The minimum atomic E-state index is -3.03. The zero-order valence-electron chi connectivity index (χ0n) is 27.6. The van der Waals surface area contributed by atoms with Crippen molar-refractivity contribution in [2.75, 3.05) is 26.4 Å². The lowest BCUT2D eigenvalue weighted by atomic mass is 9.96. The SMILES string of the molecule is CCCCOC[C@@]1(CO[Si](c2ccccc2)(c2ccccc2)C(C)(C)C)O[C@@H](n2cc(C)c(=O)[nH]c2=O)C(O)C1OCCCC. The molecule has 1 fully saturated rings. The lowest BCUT2D eigenvalue weighted by Crippen LogP contribution is -2.68. The Morgan fingerprint density at radius 3 is 2.07 bits per heavy atom. The van der Waals surface area contributed by atoms with Crippen LogP contribution in [0.2, 0.25) is 5.04 Å². The number of H-pyrrole nitrogens is 1. The maximum atomic E-state index is 13.0. The highest BCUT2D eigenvalue weighted by Crippen LogP contribution is 2.43. The first kappa shape index (κ1) is 35.0. The molecule has 45 heavy (non-hydrogen) atoms. The monoisotopic (exact) mass is 638 g/mol. The van der Waals surface area contributed by atoms with E-state index in [1.165, 1.54) is 10.8 Å². The molecule has 2 N–H and O–H groups in total. The first-order chi connectivity index (χ1) is 21.5. The Morgan fingerprint density at radius 1 is 0.933 bits per heavy atom. The molecule has 0 radical (unpaired) electrons. The van der Waals surface area contributed by atoms with E-state index in [0.717, 1.165) is 36.1 Å². The molecule has 2 aromatic carbocycles. The molecule has 1 aliphatic rings. The van der Waals surface area contributed by atoms with E-state index in [9.17, 15) is 14.7 Å². The van der Waals surface area contributed by atoms with E-state index in [4.69, 9.17) is 18.6 Å². The second-order valence-corrected chi connectivity index (χ2v) is 17.4. The molecule has 1 aromatic heterocycles. The molecule has 2 heterocycles. The van der Waals surface area contributed by atoms with Gasteiger partial charge in [0, 0.05) is 25.0 Å². The van der Waals surface area contributed by atoms with Gasteiger partial charge in [-0.1, -0.05) is 108 Å². The van der Waals surface area contributed by atoms with Crippen molar-refractivity contribution in [2.45, 2.75) is 96.3 Å². The summed E-state index contributed by atoms with van der Waals surface area (Å²) in [5, 5.41) is 13.8. The second kappa shape index (κ2) is 15.2. The Bertz CT molecular complexity index is 1430. The lowest BCUT2D eigenvalue weighted by molar-refractivity contribution is -0.169. The molecular formula is C35H50N2O7Si. The van der Waals surface area contributed by atoms with Crippen molar-refractivity contribution >= 4 is 18.7 Å². The minimum absolute atomic E-state index is 0.0494. The van der Waals surface area contributed by atoms with Crippen molar-refractivity contribution in [3.63, 3.8) is 0 Å². The van der Waals surface area contributed by atoms with Crippen molar-refractivity contribution in [3.05, 3.63) is 93.3 Å². The van der Waals surface area contributed by atoms with E-state index < -0.39 is 43.6 Å². The molecule has 0 spiro atoms. The van der Waals surface area contributed by atoms with Gasteiger partial charge in [-0.05, 0) is 35.2 Å². The molecule has 4 atom stereocenters. The zero-order chi connectivity index (χ0) is 32.7. The van der Waals surface area contributed by atoms with Gasteiger partial charge in [-0.2, -0.15) is 0 Å². The van der Waals surface area contributed by atoms with Crippen LogP contribution in [-0.2, 0) is 18.6 Å². The van der Waals surface area contributed by atoms with Crippen LogP contribution in [0.1, 0.15) is 72.1 Å². The molecule has 10 heteroatoms. The number of hydrogen-bond donors (Lipinski definition) is 2. The summed E-state index contributed by atoms with van der Waals surface area (Å²) in [4.78, 5) is 27.6. The summed E-state index contributed by atoms with van der Waals surface area (Å²) >= 11 is 0. The molecule has 0 saturated carbocycles. The van der Waals surface area contributed by atoms with Gasteiger partial charge in [0.25, 0.3) is 13.9 Å². The van der Waals surface area contributed by atoms with Gasteiger partial charge >= 0.3 is 5.69 Å². The Kier molecular flexibility index (Phi) is 11.8. The van der Waals surface area contributed by atoms with Gasteiger partial charge in [0.2, 0.25) is 0 Å². The first-order valence-electron chi connectivity index (χ1n) is 16.1. The van der Waals surface area contributed by atoms with Crippen LogP contribution in [0.15, 0.2) is 76.4 Å². The Labute approximate surface area is 267 Å². The molecule has 2 unspecified atom stereocenters. The average Bonchev–Trinajstić information content (AvgIpc) is 3.29. The number of aliphatic hydroxyl groups excluding tert-OH is 1. The second-order valence-electron chi connectivity index (χ2n) is 13.0. The third kappa shape index (κ3) is 7.42. The fourth-order valence-corrected chi connectivity index (χ4v) is 10.8. The molecule has 0 aliphatic carbocycles. The number of nitrogens with one attached hydrogen (secondary N) is 1. The van der Waals surface area contributed by atoms with Crippen LogP contribution in [0.3, 0.4) is 0 Å². The van der Waals surface area contributed by atoms with Crippen LogP contribution in [0.25, 0.3) is 0 Å². The molecule has 0 bridgehead atoms. The number of aliphatic hydroxyl groups is 1.